The zero-order valence-electron chi connectivity index (χ0n) is 20.5. The monoisotopic (exact) mass is 498 g/mol. The van der Waals surface area contributed by atoms with Crippen LogP contribution in [0.4, 0.5) is 0 Å². The van der Waals surface area contributed by atoms with Gasteiger partial charge in [0.2, 0.25) is 0 Å². The Balaban J connectivity index is 1.68. The molecule has 0 amide bonds. The quantitative estimate of drug-likeness (QED) is 0.221. The molecule has 2 aliphatic carbocycles. The molecule has 2 aliphatic rings. The number of hydrogen-bond acceptors (Lipinski definition) is 8. The van der Waals surface area contributed by atoms with Gasteiger partial charge in [-0.2, -0.15) is 21.0 Å². The molecular weight excluding hydrogens is 484 g/mol. The standard InChI is InChI=1S/C31H14N8/c1-3-7-19-18(4-2)28-30(26(19)16(12-32)13-33)38-24-11-23-25(10-22(24)36-28)39-31-27(17(14-34)15-35)20-8-5-6-9-21(20)29(31)37-23/h3-11H,2H2,1H3/b7-3-. The predicted octanol–water partition coefficient (Wildman–Crippen LogP) is 5.73. The largest absolute Gasteiger partial charge is 0.244 e. The van der Waals surface area contributed by atoms with Crippen LogP contribution in [0.2, 0.25) is 0 Å². The summed E-state index contributed by atoms with van der Waals surface area (Å²) in [5, 5.41) is 38.6. The number of benzene rings is 2. The highest BCUT2D eigenvalue weighted by atomic mass is 14.9. The molecule has 2 aromatic heterocycles. The third kappa shape index (κ3) is 3.20. The molecule has 0 aliphatic heterocycles. The molecule has 2 aromatic carbocycles. The summed E-state index contributed by atoms with van der Waals surface area (Å²) in [5.41, 5.74) is 7.75. The Bertz CT molecular complexity index is 2100. The van der Waals surface area contributed by atoms with E-state index in [9.17, 15) is 21.0 Å². The topological polar surface area (TPSA) is 147 Å². The predicted molar refractivity (Wildman–Crippen MR) is 145 cm³/mol. The van der Waals surface area contributed by atoms with Crippen molar-refractivity contribution >= 4 is 38.8 Å². The van der Waals surface area contributed by atoms with Crippen molar-refractivity contribution in [2.45, 2.75) is 6.92 Å². The van der Waals surface area contributed by atoms with Crippen LogP contribution >= 0.6 is 0 Å². The van der Waals surface area contributed by atoms with Crippen LogP contribution in [-0.4, -0.2) is 19.9 Å². The van der Waals surface area contributed by atoms with Crippen molar-refractivity contribution in [3.8, 4) is 35.5 Å². The van der Waals surface area contributed by atoms with Crippen molar-refractivity contribution in [3.05, 3.63) is 101 Å². The number of nitriles is 4. The molecule has 0 fully saturated rings. The van der Waals surface area contributed by atoms with Crippen molar-refractivity contribution in [2.75, 3.05) is 0 Å². The van der Waals surface area contributed by atoms with E-state index >= 15 is 0 Å². The molecule has 0 N–H and O–H groups in total. The third-order valence-corrected chi connectivity index (χ3v) is 6.67. The number of hydrogen-bond donors (Lipinski definition) is 0. The summed E-state index contributed by atoms with van der Waals surface area (Å²) in [6, 6.07) is 18.9. The second-order valence-electron chi connectivity index (χ2n) is 8.70. The van der Waals surface area contributed by atoms with Gasteiger partial charge in [0, 0.05) is 22.3 Å². The fourth-order valence-corrected chi connectivity index (χ4v) is 5.08. The number of fused-ring (bicyclic) bond motifs is 6. The summed E-state index contributed by atoms with van der Waals surface area (Å²) in [4.78, 5) is 19.4. The van der Waals surface area contributed by atoms with Crippen LogP contribution in [0.25, 0.3) is 50.0 Å². The normalized spacial score (nSPS) is 12.9. The summed E-state index contributed by atoms with van der Waals surface area (Å²) in [5.74, 6) is 0. The van der Waals surface area contributed by atoms with E-state index in [-0.39, 0.29) is 11.1 Å². The second kappa shape index (κ2) is 8.71. The Morgan fingerprint density at radius 1 is 0.667 bits per heavy atom. The van der Waals surface area contributed by atoms with E-state index in [1.54, 1.807) is 18.2 Å². The van der Waals surface area contributed by atoms with Gasteiger partial charge in [-0.05, 0) is 30.2 Å². The summed E-state index contributed by atoms with van der Waals surface area (Å²) in [6.07, 6.45) is 5.27. The summed E-state index contributed by atoms with van der Waals surface area (Å²) < 4.78 is 0. The maximum Gasteiger partial charge on any atom is 0.139 e. The van der Waals surface area contributed by atoms with E-state index < -0.39 is 0 Å². The molecule has 6 rings (SSSR count). The summed E-state index contributed by atoms with van der Waals surface area (Å²) >= 11 is 0. The highest BCUT2D eigenvalue weighted by Crippen LogP contribution is 2.45. The molecule has 8 nitrogen and oxygen atoms in total. The first-order valence-corrected chi connectivity index (χ1v) is 11.8. The third-order valence-electron chi connectivity index (χ3n) is 6.67. The zero-order valence-corrected chi connectivity index (χ0v) is 20.5. The van der Waals surface area contributed by atoms with Gasteiger partial charge in [-0.3, -0.25) is 0 Å². The van der Waals surface area contributed by atoms with Gasteiger partial charge in [0.25, 0.3) is 0 Å². The molecule has 0 atom stereocenters. The highest BCUT2D eigenvalue weighted by Gasteiger charge is 2.32. The maximum absolute atomic E-state index is 9.66. The molecule has 178 valence electrons. The van der Waals surface area contributed by atoms with E-state index in [1.807, 2.05) is 67.6 Å². The lowest BCUT2D eigenvalue weighted by Crippen LogP contribution is -1.99. The Hall–Kier alpha value is -6.22. The minimum atomic E-state index is -0.0602. The van der Waals surface area contributed by atoms with Gasteiger partial charge in [0.15, 0.2) is 0 Å². The number of nitrogens with zero attached hydrogens (tertiary/aromatic N) is 8. The van der Waals surface area contributed by atoms with E-state index in [2.05, 4.69) is 6.58 Å². The maximum atomic E-state index is 9.66. The van der Waals surface area contributed by atoms with Gasteiger partial charge >= 0.3 is 0 Å². The summed E-state index contributed by atoms with van der Waals surface area (Å²) in [7, 11) is 0. The van der Waals surface area contributed by atoms with Gasteiger partial charge in [0.1, 0.15) is 35.4 Å². The Morgan fingerprint density at radius 3 is 1.69 bits per heavy atom. The first-order valence-electron chi connectivity index (χ1n) is 11.8. The van der Waals surface area contributed by atoms with Crippen LogP contribution in [0, 0.1) is 45.3 Å². The van der Waals surface area contributed by atoms with E-state index in [0.29, 0.717) is 67.1 Å². The molecular formula is C31H14N8. The minimum Gasteiger partial charge on any atom is -0.244 e. The number of allylic oxidation sites excluding steroid dienone is 8. The molecule has 0 saturated heterocycles. The number of rotatable bonds is 2. The smallest absolute Gasteiger partial charge is 0.139 e. The van der Waals surface area contributed by atoms with Crippen molar-refractivity contribution in [2.24, 2.45) is 0 Å². The lowest BCUT2D eigenvalue weighted by atomic mass is 10.0. The van der Waals surface area contributed by atoms with Crippen LogP contribution < -0.4 is 0 Å². The van der Waals surface area contributed by atoms with E-state index in [0.717, 1.165) is 11.1 Å². The van der Waals surface area contributed by atoms with Crippen LogP contribution in [0.15, 0.2) is 77.9 Å². The molecule has 0 unspecified atom stereocenters. The van der Waals surface area contributed by atoms with E-state index in [1.165, 1.54) is 0 Å². The molecule has 2 heterocycles. The first kappa shape index (κ1) is 23.2. The molecule has 0 bridgehead atoms. The second-order valence-corrected chi connectivity index (χ2v) is 8.70. The average molecular weight is 499 g/mol. The van der Waals surface area contributed by atoms with E-state index in [4.69, 9.17) is 19.9 Å². The zero-order chi connectivity index (χ0) is 27.3. The average Bonchev–Trinajstić information content (AvgIpc) is 3.43. The Kier molecular flexibility index (Phi) is 5.18. The number of aromatic nitrogens is 4. The van der Waals surface area contributed by atoms with Gasteiger partial charge in [-0.15, -0.1) is 0 Å². The molecule has 0 spiro atoms. The minimum absolute atomic E-state index is 0.0318. The fraction of sp³-hybridized carbons (Fsp3) is 0.0323. The molecule has 8 heteroatoms. The van der Waals surface area contributed by atoms with Crippen LogP contribution in [0.1, 0.15) is 29.6 Å². The lowest BCUT2D eigenvalue weighted by molar-refractivity contribution is 1.22. The highest BCUT2D eigenvalue weighted by molar-refractivity contribution is 6.08. The van der Waals surface area contributed by atoms with Gasteiger partial charge in [-0.1, -0.05) is 49.1 Å². The SMILES string of the molecule is C=CC1=C(/C=C\C)C(=C(C#N)C#N)c2nc3cc4nc5c(nc4cc3nc21)C(=C(C#N)C#N)c1ccccc1-5. The van der Waals surface area contributed by atoms with Crippen molar-refractivity contribution in [3.63, 3.8) is 0 Å². The molecule has 4 aromatic rings. The fourth-order valence-electron chi connectivity index (χ4n) is 5.08. The van der Waals surface area contributed by atoms with Crippen molar-refractivity contribution < 1.29 is 0 Å². The van der Waals surface area contributed by atoms with Gasteiger partial charge < -0.3 is 0 Å². The Morgan fingerprint density at radius 2 is 1.15 bits per heavy atom. The van der Waals surface area contributed by atoms with Crippen molar-refractivity contribution in [1.29, 1.82) is 21.0 Å². The molecule has 0 saturated carbocycles. The van der Waals surface area contributed by atoms with Crippen LogP contribution in [-0.2, 0) is 0 Å². The van der Waals surface area contributed by atoms with Crippen LogP contribution in [0.3, 0.4) is 0 Å². The van der Waals surface area contributed by atoms with Crippen LogP contribution in [0.5, 0.6) is 0 Å². The molecule has 39 heavy (non-hydrogen) atoms. The lowest BCUT2D eigenvalue weighted by Gasteiger charge is -2.08. The van der Waals surface area contributed by atoms with Gasteiger partial charge in [0.05, 0.1) is 44.8 Å². The van der Waals surface area contributed by atoms with Crippen molar-refractivity contribution in [1.82, 2.24) is 19.9 Å². The first-order chi connectivity index (χ1) is 19.1. The summed E-state index contributed by atoms with van der Waals surface area (Å²) in [6.45, 7) is 5.77. The Labute approximate surface area is 222 Å². The molecule has 0 radical (unpaired) electrons. The van der Waals surface area contributed by atoms with Gasteiger partial charge in [-0.25, -0.2) is 19.9 Å².